The summed E-state index contributed by atoms with van der Waals surface area (Å²) < 4.78 is 11.1. The molecule has 6 nitrogen and oxygen atoms in total. The first-order valence-corrected chi connectivity index (χ1v) is 8.16. The largest absolute Gasteiger partial charge is 0.493 e. The van der Waals surface area contributed by atoms with Crippen molar-refractivity contribution in [1.29, 1.82) is 0 Å². The molecule has 2 aliphatic rings. The van der Waals surface area contributed by atoms with Crippen molar-refractivity contribution in [2.75, 3.05) is 33.4 Å². The van der Waals surface area contributed by atoms with Gasteiger partial charge in [0.05, 0.1) is 13.2 Å². The summed E-state index contributed by atoms with van der Waals surface area (Å²) >= 11 is 0. The number of benzene rings is 1. The van der Waals surface area contributed by atoms with Gasteiger partial charge in [-0.25, -0.2) is 4.79 Å². The Morgan fingerprint density at radius 3 is 3.17 bits per heavy atom. The highest BCUT2D eigenvalue weighted by Crippen LogP contribution is 2.34. The van der Waals surface area contributed by atoms with Gasteiger partial charge in [0, 0.05) is 25.3 Å². The van der Waals surface area contributed by atoms with Gasteiger partial charge >= 0.3 is 6.03 Å². The quantitative estimate of drug-likeness (QED) is 0.883. The molecule has 126 valence electrons. The summed E-state index contributed by atoms with van der Waals surface area (Å²) in [7, 11) is 1.63. The fourth-order valence-electron chi connectivity index (χ4n) is 3.31. The molecular weight excluding hydrogens is 296 g/mol. The predicted molar refractivity (Wildman–Crippen MR) is 85.9 cm³/mol. The maximum absolute atomic E-state index is 12.4. The number of rotatable bonds is 3. The maximum Gasteiger partial charge on any atom is 0.317 e. The number of amides is 2. The summed E-state index contributed by atoms with van der Waals surface area (Å²) in [6, 6.07) is 5.70. The Hall–Kier alpha value is -1.95. The number of aliphatic hydroxyl groups excluding tert-OH is 1. The molecule has 6 heteroatoms. The number of fused-ring (bicyclic) bond motifs is 1. The number of piperidine rings is 1. The standard InChI is InChI=1S/C17H24N2O4/c1-22-15-6-2-5-13-8-14(11-23-16(13)15)18-17(21)19-7-3-4-12(9-19)10-20/h2,5-6,12,14,20H,3-4,7-11H2,1H3,(H,18,21)/t12-,14-/m0/s1. The van der Waals surface area contributed by atoms with Crippen molar-refractivity contribution in [3.8, 4) is 11.5 Å². The lowest BCUT2D eigenvalue weighted by Gasteiger charge is -2.34. The molecule has 0 radical (unpaired) electrons. The van der Waals surface area contributed by atoms with E-state index in [1.807, 2.05) is 18.2 Å². The van der Waals surface area contributed by atoms with Crippen LogP contribution in [-0.2, 0) is 6.42 Å². The van der Waals surface area contributed by atoms with E-state index < -0.39 is 0 Å². The molecule has 2 amide bonds. The molecule has 23 heavy (non-hydrogen) atoms. The molecule has 1 fully saturated rings. The van der Waals surface area contributed by atoms with Gasteiger partial charge in [0.2, 0.25) is 0 Å². The molecule has 1 saturated heterocycles. The molecule has 2 heterocycles. The van der Waals surface area contributed by atoms with Gasteiger partial charge in [-0.05, 0) is 31.2 Å². The Bertz CT molecular complexity index is 564. The maximum atomic E-state index is 12.4. The van der Waals surface area contributed by atoms with Crippen LogP contribution in [0.3, 0.4) is 0 Å². The van der Waals surface area contributed by atoms with Gasteiger partial charge in [-0.3, -0.25) is 0 Å². The first-order valence-electron chi connectivity index (χ1n) is 8.16. The summed E-state index contributed by atoms with van der Waals surface area (Å²) in [6.45, 7) is 1.96. The van der Waals surface area contributed by atoms with Gasteiger partial charge in [0.25, 0.3) is 0 Å². The summed E-state index contributed by atoms with van der Waals surface area (Å²) in [5.74, 6) is 1.70. The van der Waals surface area contributed by atoms with Crippen LogP contribution in [0.2, 0.25) is 0 Å². The highest BCUT2D eigenvalue weighted by atomic mass is 16.5. The summed E-state index contributed by atoms with van der Waals surface area (Å²) in [4.78, 5) is 14.2. The Labute approximate surface area is 136 Å². The van der Waals surface area contributed by atoms with Crippen molar-refractivity contribution in [2.45, 2.75) is 25.3 Å². The number of aliphatic hydroxyl groups is 1. The Morgan fingerprint density at radius 2 is 2.39 bits per heavy atom. The zero-order chi connectivity index (χ0) is 16.2. The fourth-order valence-corrected chi connectivity index (χ4v) is 3.31. The molecule has 3 rings (SSSR count). The number of carbonyl (C=O) groups excluding carboxylic acids is 1. The number of para-hydroxylation sites is 1. The topological polar surface area (TPSA) is 71.0 Å². The van der Waals surface area contributed by atoms with Crippen LogP contribution in [0.5, 0.6) is 11.5 Å². The van der Waals surface area contributed by atoms with Crippen LogP contribution in [0.25, 0.3) is 0 Å². The number of hydrogen-bond donors (Lipinski definition) is 2. The van der Waals surface area contributed by atoms with Crippen LogP contribution in [0.15, 0.2) is 18.2 Å². The number of urea groups is 1. The SMILES string of the molecule is COc1cccc2c1OC[C@@H](NC(=O)N1CCC[C@H](CO)C1)C2. The number of methoxy groups -OCH3 is 1. The van der Waals surface area contributed by atoms with E-state index in [1.54, 1.807) is 12.0 Å². The lowest BCUT2D eigenvalue weighted by Crippen LogP contribution is -2.51. The van der Waals surface area contributed by atoms with E-state index in [-0.39, 0.29) is 24.6 Å². The second-order valence-corrected chi connectivity index (χ2v) is 6.25. The Kier molecular flexibility index (Phi) is 4.91. The van der Waals surface area contributed by atoms with Crippen LogP contribution in [0.1, 0.15) is 18.4 Å². The molecular formula is C17H24N2O4. The van der Waals surface area contributed by atoms with E-state index in [0.29, 0.717) is 13.2 Å². The van der Waals surface area contributed by atoms with Crippen LogP contribution in [-0.4, -0.2) is 55.5 Å². The highest BCUT2D eigenvalue weighted by Gasteiger charge is 2.28. The highest BCUT2D eigenvalue weighted by molar-refractivity contribution is 5.74. The monoisotopic (exact) mass is 320 g/mol. The van der Waals surface area contributed by atoms with Crippen molar-refractivity contribution < 1.29 is 19.4 Å². The molecule has 0 aromatic heterocycles. The second kappa shape index (κ2) is 7.08. The van der Waals surface area contributed by atoms with Crippen molar-refractivity contribution in [2.24, 2.45) is 5.92 Å². The van der Waals surface area contributed by atoms with Gasteiger partial charge in [0.15, 0.2) is 11.5 Å². The zero-order valence-corrected chi connectivity index (χ0v) is 13.5. The van der Waals surface area contributed by atoms with Crippen LogP contribution >= 0.6 is 0 Å². The van der Waals surface area contributed by atoms with Crippen LogP contribution < -0.4 is 14.8 Å². The third-order valence-corrected chi connectivity index (χ3v) is 4.57. The van der Waals surface area contributed by atoms with E-state index in [1.165, 1.54) is 0 Å². The Balaban J connectivity index is 1.60. The predicted octanol–water partition coefficient (Wildman–Crippen LogP) is 1.41. The van der Waals surface area contributed by atoms with Crippen LogP contribution in [0, 0.1) is 5.92 Å². The molecule has 2 atom stereocenters. The lowest BCUT2D eigenvalue weighted by molar-refractivity contribution is 0.124. The number of carbonyl (C=O) groups is 1. The van der Waals surface area contributed by atoms with Crippen molar-refractivity contribution in [3.05, 3.63) is 23.8 Å². The molecule has 2 aliphatic heterocycles. The number of likely N-dealkylation sites (tertiary alicyclic amines) is 1. The summed E-state index contributed by atoms with van der Waals surface area (Å²) in [6.07, 6.45) is 2.66. The van der Waals surface area contributed by atoms with Gasteiger partial charge in [-0.15, -0.1) is 0 Å². The third kappa shape index (κ3) is 3.52. The molecule has 0 aliphatic carbocycles. The van der Waals surface area contributed by atoms with Gasteiger partial charge in [-0.1, -0.05) is 12.1 Å². The normalized spacial score (nSPS) is 23.7. The van der Waals surface area contributed by atoms with Crippen LogP contribution in [0.4, 0.5) is 4.79 Å². The Morgan fingerprint density at radius 1 is 1.52 bits per heavy atom. The van der Waals surface area contributed by atoms with Gasteiger partial charge in [0.1, 0.15) is 6.61 Å². The average molecular weight is 320 g/mol. The summed E-state index contributed by atoms with van der Waals surface area (Å²) in [5, 5.41) is 12.3. The van der Waals surface area contributed by atoms with E-state index >= 15 is 0 Å². The van der Waals surface area contributed by atoms with E-state index in [0.717, 1.165) is 42.9 Å². The first-order chi connectivity index (χ1) is 11.2. The minimum Gasteiger partial charge on any atom is -0.493 e. The second-order valence-electron chi connectivity index (χ2n) is 6.25. The van der Waals surface area contributed by atoms with Crippen molar-refractivity contribution in [1.82, 2.24) is 10.2 Å². The molecule has 0 unspecified atom stereocenters. The fraction of sp³-hybridized carbons (Fsp3) is 0.588. The number of ether oxygens (including phenoxy) is 2. The average Bonchev–Trinajstić information content (AvgIpc) is 2.61. The molecule has 0 spiro atoms. The van der Waals surface area contributed by atoms with E-state index in [4.69, 9.17) is 9.47 Å². The van der Waals surface area contributed by atoms with Crippen molar-refractivity contribution >= 4 is 6.03 Å². The van der Waals surface area contributed by atoms with E-state index in [2.05, 4.69) is 5.32 Å². The number of hydrogen-bond acceptors (Lipinski definition) is 4. The summed E-state index contributed by atoms with van der Waals surface area (Å²) in [5.41, 5.74) is 1.05. The number of nitrogens with zero attached hydrogens (tertiary/aromatic N) is 1. The van der Waals surface area contributed by atoms with E-state index in [9.17, 15) is 9.90 Å². The molecule has 0 bridgehead atoms. The van der Waals surface area contributed by atoms with Gasteiger partial charge in [-0.2, -0.15) is 0 Å². The molecule has 1 aromatic rings. The first kappa shape index (κ1) is 15.9. The minimum atomic E-state index is -0.0666. The molecule has 2 N–H and O–H groups in total. The smallest absolute Gasteiger partial charge is 0.317 e. The molecule has 1 aromatic carbocycles. The molecule has 0 saturated carbocycles. The zero-order valence-electron chi connectivity index (χ0n) is 13.5. The van der Waals surface area contributed by atoms with Gasteiger partial charge < -0.3 is 24.8 Å². The lowest BCUT2D eigenvalue weighted by atomic mass is 9.99. The minimum absolute atomic E-state index is 0.0448. The van der Waals surface area contributed by atoms with Crippen molar-refractivity contribution in [3.63, 3.8) is 0 Å². The number of nitrogens with one attached hydrogen (secondary N) is 1. The third-order valence-electron chi connectivity index (χ3n) is 4.57.